The van der Waals surface area contributed by atoms with Gasteiger partial charge in [-0.25, -0.2) is 0 Å². The van der Waals surface area contributed by atoms with Crippen LogP contribution in [0.15, 0.2) is 54.7 Å². The van der Waals surface area contributed by atoms with E-state index in [0.717, 1.165) is 13.1 Å². The Bertz CT molecular complexity index is 665. The van der Waals surface area contributed by atoms with Crippen molar-refractivity contribution in [3.05, 3.63) is 71.4 Å². The maximum Gasteiger partial charge on any atom is 0.0454 e. The number of rotatable bonds is 4. The van der Waals surface area contributed by atoms with Crippen LogP contribution in [0.25, 0.3) is 10.9 Å². The molecule has 0 atom stereocenters. The molecule has 0 bridgehead atoms. The van der Waals surface area contributed by atoms with Crippen LogP contribution in [0.3, 0.4) is 0 Å². The Morgan fingerprint density at radius 3 is 2.47 bits per heavy atom. The number of fused-ring (bicyclic) bond motifs is 1. The lowest BCUT2D eigenvalue weighted by Crippen LogP contribution is -2.12. The largest absolute Gasteiger partial charge is 0.361 e. The zero-order chi connectivity index (χ0) is 13.1. The summed E-state index contributed by atoms with van der Waals surface area (Å²) in [6, 6.07) is 17.3. The second-order valence-corrected chi connectivity index (χ2v) is 4.99. The quantitative estimate of drug-likeness (QED) is 0.725. The van der Waals surface area contributed by atoms with Crippen LogP contribution in [0.5, 0.6) is 0 Å². The van der Waals surface area contributed by atoms with Crippen molar-refractivity contribution in [1.29, 1.82) is 0 Å². The van der Waals surface area contributed by atoms with Gasteiger partial charge < -0.3 is 10.3 Å². The van der Waals surface area contributed by atoms with Gasteiger partial charge in [-0.05, 0) is 41.6 Å². The van der Waals surface area contributed by atoms with Crippen LogP contribution in [0.1, 0.15) is 16.7 Å². The third-order valence-corrected chi connectivity index (χ3v) is 3.40. The lowest BCUT2D eigenvalue weighted by atomic mass is 10.1. The lowest BCUT2D eigenvalue weighted by molar-refractivity contribution is 0.694. The summed E-state index contributed by atoms with van der Waals surface area (Å²) in [4.78, 5) is 3.21. The topological polar surface area (TPSA) is 27.8 Å². The van der Waals surface area contributed by atoms with E-state index in [2.05, 4.69) is 65.8 Å². The minimum absolute atomic E-state index is 0.898. The van der Waals surface area contributed by atoms with E-state index in [9.17, 15) is 0 Å². The molecule has 0 spiro atoms. The molecule has 19 heavy (non-hydrogen) atoms. The van der Waals surface area contributed by atoms with Crippen molar-refractivity contribution < 1.29 is 0 Å². The minimum Gasteiger partial charge on any atom is -0.361 e. The summed E-state index contributed by atoms with van der Waals surface area (Å²) in [6.45, 7) is 3.92. The third-order valence-electron chi connectivity index (χ3n) is 3.40. The van der Waals surface area contributed by atoms with Crippen molar-refractivity contribution in [2.45, 2.75) is 20.0 Å². The number of aromatic amines is 1. The number of hydrogen-bond acceptors (Lipinski definition) is 1. The summed E-state index contributed by atoms with van der Waals surface area (Å²) < 4.78 is 0. The molecule has 0 fully saturated rings. The van der Waals surface area contributed by atoms with Crippen molar-refractivity contribution in [1.82, 2.24) is 10.3 Å². The van der Waals surface area contributed by atoms with Crippen LogP contribution >= 0.6 is 0 Å². The summed E-state index contributed by atoms with van der Waals surface area (Å²) in [5.74, 6) is 0. The number of benzene rings is 2. The number of hydrogen-bond donors (Lipinski definition) is 2. The van der Waals surface area contributed by atoms with Gasteiger partial charge in [-0.15, -0.1) is 0 Å². The average molecular weight is 250 g/mol. The molecule has 0 aliphatic carbocycles. The molecule has 0 aliphatic rings. The Morgan fingerprint density at radius 2 is 1.63 bits per heavy atom. The van der Waals surface area contributed by atoms with Gasteiger partial charge in [-0.3, -0.25) is 0 Å². The van der Waals surface area contributed by atoms with Gasteiger partial charge in [0.05, 0.1) is 0 Å². The van der Waals surface area contributed by atoms with Gasteiger partial charge >= 0.3 is 0 Å². The molecule has 1 aromatic heterocycles. The third kappa shape index (κ3) is 2.85. The van der Waals surface area contributed by atoms with Crippen LogP contribution in [0.2, 0.25) is 0 Å². The van der Waals surface area contributed by atoms with Gasteiger partial charge in [0, 0.05) is 24.8 Å². The van der Waals surface area contributed by atoms with E-state index in [1.54, 1.807) is 0 Å². The van der Waals surface area contributed by atoms with E-state index in [4.69, 9.17) is 0 Å². The van der Waals surface area contributed by atoms with E-state index in [0.29, 0.717) is 0 Å². The van der Waals surface area contributed by atoms with Crippen molar-refractivity contribution >= 4 is 10.9 Å². The Hall–Kier alpha value is -2.06. The lowest BCUT2D eigenvalue weighted by Gasteiger charge is -2.06. The Kier molecular flexibility index (Phi) is 3.34. The molecule has 0 saturated heterocycles. The first-order chi connectivity index (χ1) is 9.31. The smallest absolute Gasteiger partial charge is 0.0454 e. The van der Waals surface area contributed by atoms with Gasteiger partial charge in [0.25, 0.3) is 0 Å². The molecule has 0 saturated carbocycles. The molecule has 0 aliphatic heterocycles. The highest BCUT2D eigenvalue weighted by Crippen LogP contribution is 2.14. The summed E-state index contributed by atoms with van der Waals surface area (Å²) >= 11 is 0. The standard InChI is InChI=1S/C17H18N2/c1-13-2-4-14(5-3-13)11-18-12-15-6-7-17-16(10-15)8-9-19-17/h2-10,18-19H,11-12H2,1H3. The van der Waals surface area contributed by atoms with E-state index in [1.807, 2.05) is 6.20 Å². The summed E-state index contributed by atoms with van der Waals surface area (Å²) in [7, 11) is 0. The first kappa shape index (κ1) is 12.0. The number of nitrogens with one attached hydrogen (secondary N) is 2. The maximum atomic E-state index is 3.48. The van der Waals surface area contributed by atoms with Crippen molar-refractivity contribution in [3.63, 3.8) is 0 Å². The molecule has 2 nitrogen and oxygen atoms in total. The fourth-order valence-electron chi connectivity index (χ4n) is 2.27. The molecular weight excluding hydrogens is 232 g/mol. The van der Waals surface area contributed by atoms with Crippen LogP contribution in [-0.4, -0.2) is 4.98 Å². The van der Waals surface area contributed by atoms with Crippen molar-refractivity contribution in [3.8, 4) is 0 Å². The predicted molar refractivity (Wildman–Crippen MR) is 80.0 cm³/mol. The first-order valence-electron chi connectivity index (χ1n) is 6.63. The van der Waals surface area contributed by atoms with Crippen LogP contribution in [-0.2, 0) is 13.1 Å². The summed E-state index contributed by atoms with van der Waals surface area (Å²) in [5, 5.41) is 4.76. The molecule has 1 heterocycles. The minimum atomic E-state index is 0.898. The fourth-order valence-corrected chi connectivity index (χ4v) is 2.27. The Morgan fingerprint density at radius 1 is 0.895 bits per heavy atom. The van der Waals surface area contributed by atoms with E-state index in [1.165, 1.54) is 27.6 Å². The molecule has 2 heteroatoms. The molecule has 3 aromatic rings. The van der Waals surface area contributed by atoms with Crippen LogP contribution in [0, 0.1) is 6.92 Å². The monoisotopic (exact) mass is 250 g/mol. The number of H-pyrrole nitrogens is 1. The van der Waals surface area contributed by atoms with Gasteiger partial charge in [0.2, 0.25) is 0 Å². The molecule has 2 N–H and O–H groups in total. The zero-order valence-electron chi connectivity index (χ0n) is 11.1. The number of aryl methyl sites for hydroxylation is 1. The van der Waals surface area contributed by atoms with Crippen LogP contribution in [0.4, 0.5) is 0 Å². The van der Waals surface area contributed by atoms with Gasteiger partial charge in [0.1, 0.15) is 0 Å². The van der Waals surface area contributed by atoms with Gasteiger partial charge in [-0.2, -0.15) is 0 Å². The SMILES string of the molecule is Cc1ccc(CNCc2ccc3[nH]ccc3c2)cc1. The van der Waals surface area contributed by atoms with Crippen LogP contribution < -0.4 is 5.32 Å². The Balaban J connectivity index is 1.61. The number of aromatic nitrogens is 1. The Labute approximate surface area is 113 Å². The average Bonchev–Trinajstić information content (AvgIpc) is 2.88. The fraction of sp³-hybridized carbons (Fsp3) is 0.176. The maximum absolute atomic E-state index is 3.48. The first-order valence-corrected chi connectivity index (χ1v) is 6.63. The molecule has 0 radical (unpaired) electrons. The highest BCUT2D eigenvalue weighted by atomic mass is 14.8. The van der Waals surface area contributed by atoms with E-state index < -0.39 is 0 Å². The molecule has 96 valence electrons. The second-order valence-electron chi connectivity index (χ2n) is 4.99. The molecule has 0 amide bonds. The van der Waals surface area contributed by atoms with E-state index in [-0.39, 0.29) is 0 Å². The summed E-state index contributed by atoms with van der Waals surface area (Å²) in [6.07, 6.45) is 1.98. The van der Waals surface area contributed by atoms with E-state index >= 15 is 0 Å². The molecule has 2 aromatic carbocycles. The van der Waals surface area contributed by atoms with Crippen molar-refractivity contribution in [2.24, 2.45) is 0 Å². The predicted octanol–water partition coefficient (Wildman–Crippen LogP) is 3.77. The highest BCUT2D eigenvalue weighted by Gasteiger charge is 1.98. The summed E-state index contributed by atoms with van der Waals surface area (Å²) in [5.41, 5.74) is 5.15. The van der Waals surface area contributed by atoms with Crippen molar-refractivity contribution in [2.75, 3.05) is 0 Å². The zero-order valence-corrected chi connectivity index (χ0v) is 11.1. The van der Waals surface area contributed by atoms with Gasteiger partial charge in [0.15, 0.2) is 0 Å². The van der Waals surface area contributed by atoms with Gasteiger partial charge in [-0.1, -0.05) is 35.9 Å². The molecular formula is C17H18N2. The second kappa shape index (κ2) is 5.29. The highest BCUT2D eigenvalue weighted by molar-refractivity contribution is 5.79. The normalized spacial score (nSPS) is 11.0. The molecule has 3 rings (SSSR count). The molecule has 0 unspecified atom stereocenters.